The number of aromatic nitrogens is 2. The minimum absolute atomic E-state index is 0.252. The van der Waals surface area contributed by atoms with Gasteiger partial charge in [-0.25, -0.2) is 4.98 Å². The number of nitrogens with zero attached hydrogens (tertiary/aromatic N) is 2. The number of nitrogens with one attached hydrogen (secondary N) is 1. The van der Waals surface area contributed by atoms with Crippen LogP contribution in [0.3, 0.4) is 0 Å². The second kappa shape index (κ2) is 4.34. The molecule has 84 valence electrons. The second-order valence-electron chi connectivity index (χ2n) is 3.12. The topological polar surface area (TPSA) is 68.0 Å². The molecule has 1 amide bonds. The van der Waals surface area contributed by atoms with E-state index < -0.39 is 0 Å². The summed E-state index contributed by atoms with van der Waals surface area (Å²) in [5.74, 6) is 0.253. The smallest absolute Gasteiger partial charge is 0.262 e. The number of anilines is 1. The number of halogens is 1. The molecule has 5 nitrogen and oxygen atoms in total. The Hall–Kier alpha value is -1.21. The number of hydrogen-bond donors (Lipinski definition) is 1. The maximum absolute atomic E-state index is 11.9. The molecule has 0 aromatic carbocycles. The summed E-state index contributed by atoms with van der Waals surface area (Å²) in [5, 5.41) is 6.95. The van der Waals surface area contributed by atoms with Crippen LogP contribution in [0.2, 0.25) is 0 Å². The fourth-order valence-electron chi connectivity index (χ4n) is 1.28. The van der Waals surface area contributed by atoms with Crippen LogP contribution >= 0.6 is 27.3 Å². The van der Waals surface area contributed by atoms with Crippen LogP contribution in [0.25, 0.3) is 0 Å². The molecule has 2 aromatic rings. The van der Waals surface area contributed by atoms with Gasteiger partial charge in [0.2, 0.25) is 0 Å². The maximum atomic E-state index is 11.9. The van der Waals surface area contributed by atoms with Gasteiger partial charge in [0.1, 0.15) is 11.3 Å². The number of rotatable bonds is 2. The first-order valence-corrected chi connectivity index (χ1v) is 6.04. The third-order valence-electron chi connectivity index (χ3n) is 1.96. The number of thiazole rings is 1. The molecular formula is C9H8BrN3O2S. The van der Waals surface area contributed by atoms with E-state index in [0.29, 0.717) is 22.1 Å². The van der Waals surface area contributed by atoms with Crippen LogP contribution in [-0.4, -0.2) is 16.0 Å². The highest BCUT2D eigenvalue weighted by Crippen LogP contribution is 2.24. The van der Waals surface area contributed by atoms with Gasteiger partial charge in [-0.15, -0.1) is 0 Å². The summed E-state index contributed by atoms with van der Waals surface area (Å²) < 4.78 is 5.78. The predicted molar refractivity (Wildman–Crippen MR) is 63.7 cm³/mol. The van der Waals surface area contributed by atoms with Crippen molar-refractivity contribution >= 4 is 38.3 Å². The lowest BCUT2D eigenvalue weighted by Gasteiger charge is -1.99. The zero-order valence-electron chi connectivity index (χ0n) is 8.57. The Kier molecular flexibility index (Phi) is 3.06. The summed E-state index contributed by atoms with van der Waals surface area (Å²) in [7, 11) is 0. The number of aryl methyl sites for hydroxylation is 2. The lowest BCUT2D eigenvalue weighted by molar-refractivity contribution is 0.102. The van der Waals surface area contributed by atoms with Gasteiger partial charge in [0.25, 0.3) is 5.91 Å². The van der Waals surface area contributed by atoms with E-state index in [9.17, 15) is 4.79 Å². The molecule has 0 aliphatic carbocycles. The molecule has 0 bridgehead atoms. The van der Waals surface area contributed by atoms with Crippen molar-refractivity contribution in [2.45, 2.75) is 13.8 Å². The summed E-state index contributed by atoms with van der Waals surface area (Å²) in [6.07, 6.45) is 1.63. The zero-order chi connectivity index (χ0) is 11.7. The molecule has 0 saturated heterocycles. The summed E-state index contributed by atoms with van der Waals surface area (Å²) in [5.41, 5.74) is 1.04. The quantitative estimate of drug-likeness (QED) is 0.926. The molecule has 0 saturated carbocycles. The highest BCUT2D eigenvalue weighted by molar-refractivity contribution is 9.11. The fraction of sp³-hybridized carbons (Fsp3) is 0.222. The molecule has 16 heavy (non-hydrogen) atoms. The average Bonchev–Trinajstić information content (AvgIpc) is 2.74. The Labute approximate surface area is 104 Å². The molecule has 2 aromatic heterocycles. The van der Waals surface area contributed by atoms with Gasteiger partial charge in [0, 0.05) is 0 Å². The molecule has 2 heterocycles. The van der Waals surface area contributed by atoms with Crippen LogP contribution in [0.15, 0.2) is 14.5 Å². The molecule has 0 atom stereocenters. The van der Waals surface area contributed by atoms with Crippen molar-refractivity contribution in [1.29, 1.82) is 0 Å². The van der Waals surface area contributed by atoms with E-state index in [1.165, 1.54) is 11.3 Å². The molecule has 0 spiro atoms. The van der Waals surface area contributed by atoms with E-state index >= 15 is 0 Å². The average molecular weight is 302 g/mol. The van der Waals surface area contributed by atoms with Crippen molar-refractivity contribution in [3.8, 4) is 0 Å². The third kappa shape index (κ3) is 2.14. The summed E-state index contributed by atoms with van der Waals surface area (Å²) in [6.45, 7) is 3.43. The molecule has 0 fully saturated rings. The van der Waals surface area contributed by atoms with E-state index in [4.69, 9.17) is 4.52 Å². The van der Waals surface area contributed by atoms with Crippen molar-refractivity contribution in [3.05, 3.63) is 27.0 Å². The van der Waals surface area contributed by atoms with Gasteiger partial charge in [0.15, 0.2) is 5.13 Å². The molecule has 7 heteroatoms. The maximum Gasteiger partial charge on any atom is 0.262 e. The molecule has 2 rings (SSSR count). The largest absolute Gasteiger partial charge is 0.361 e. The van der Waals surface area contributed by atoms with Gasteiger partial charge in [-0.05, 0) is 29.8 Å². The van der Waals surface area contributed by atoms with Gasteiger partial charge in [-0.2, -0.15) is 0 Å². The van der Waals surface area contributed by atoms with Gasteiger partial charge >= 0.3 is 0 Å². The second-order valence-corrected chi connectivity index (χ2v) is 5.53. The van der Waals surface area contributed by atoms with Crippen molar-refractivity contribution in [3.63, 3.8) is 0 Å². The lowest BCUT2D eigenvalue weighted by Crippen LogP contribution is -2.13. The summed E-state index contributed by atoms with van der Waals surface area (Å²) in [6, 6.07) is 0. The van der Waals surface area contributed by atoms with Gasteiger partial charge in [-0.3, -0.25) is 10.1 Å². The Morgan fingerprint density at radius 2 is 2.31 bits per heavy atom. The van der Waals surface area contributed by atoms with Crippen LogP contribution in [-0.2, 0) is 0 Å². The standard InChI is InChI=1S/C9H8BrN3O2S/c1-4-7(5(2)15-13-4)8(14)12-9-11-3-6(10)16-9/h3H,1-2H3,(H,11,12,14). The number of hydrogen-bond acceptors (Lipinski definition) is 5. The Morgan fingerprint density at radius 3 is 2.81 bits per heavy atom. The van der Waals surface area contributed by atoms with Crippen LogP contribution in [0, 0.1) is 13.8 Å². The van der Waals surface area contributed by atoms with Crippen LogP contribution in [0.5, 0.6) is 0 Å². The Morgan fingerprint density at radius 1 is 1.56 bits per heavy atom. The molecule has 0 radical (unpaired) electrons. The number of carbonyl (C=O) groups is 1. The monoisotopic (exact) mass is 301 g/mol. The van der Waals surface area contributed by atoms with Crippen LogP contribution in [0.4, 0.5) is 5.13 Å². The molecule has 1 N–H and O–H groups in total. The van der Waals surface area contributed by atoms with Crippen molar-refractivity contribution in [1.82, 2.24) is 10.1 Å². The van der Waals surface area contributed by atoms with E-state index in [0.717, 1.165) is 3.79 Å². The highest BCUT2D eigenvalue weighted by Gasteiger charge is 2.18. The lowest BCUT2D eigenvalue weighted by atomic mass is 10.2. The molecule has 0 unspecified atom stereocenters. The van der Waals surface area contributed by atoms with E-state index in [1.54, 1.807) is 20.0 Å². The number of carbonyl (C=O) groups excluding carboxylic acids is 1. The third-order valence-corrected chi connectivity index (χ3v) is 3.35. The van der Waals surface area contributed by atoms with Gasteiger partial charge in [0.05, 0.1) is 15.7 Å². The van der Waals surface area contributed by atoms with Crippen LogP contribution in [0.1, 0.15) is 21.8 Å². The summed E-state index contributed by atoms with van der Waals surface area (Å²) >= 11 is 4.62. The minimum Gasteiger partial charge on any atom is -0.361 e. The first-order chi connectivity index (χ1) is 7.58. The van der Waals surface area contributed by atoms with E-state index in [2.05, 4.69) is 31.4 Å². The highest BCUT2D eigenvalue weighted by atomic mass is 79.9. The van der Waals surface area contributed by atoms with Crippen molar-refractivity contribution < 1.29 is 9.32 Å². The Bertz CT molecular complexity index is 515. The van der Waals surface area contributed by atoms with E-state index in [-0.39, 0.29) is 5.91 Å². The predicted octanol–water partition coefficient (Wildman–Crippen LogP) is 2.76. The van der Waals surface area contributed by atoms with Crippen LogP contribution < -0.4 is 5.32 Å². The molecule has 0 aliphatic heterocycles. The normalized spacial score (nSPS) is 10.4. The van der Waals surface area contributed by atoms with Gasteiger partial charge < -0.3 is 4.52 Å². The SMILES string of the molecule is Cc1noc(C)c1C(=O)Nc1ncc(Br)s1. The van der Waals surface area contributed by atoms with Gasteiger partial charge in [-0.1, -0.05) is 16.5 Å². The minimum atomic E-state index is -0.252. The number of amides is 1. The van der Waals surface area contributed by atoms with Crippen molar-refractivity contribution in [2.75, 3.05) is 5.32 Å². The van der Waals surface area contributed by atoms with Crippen molar-refractivity contribution in [2.24, 2.45) is 0 Å². The first-order valence-electron chi connectivity index (χ1n) is 4.43. The van der Waals surface area contributed by atoms with E-state index in [1.807, 2.05) is 0 Å². The molecule has 0 aliphatic rings. The first kappa shape index (κ1) is 11.3. The molecular weight excluding hydrogens is 294 g/mol. The Balaban J connectivity index is 2.21. The summed E-state index contributed by atoms with van der Waals surface area (Å²) in [4.78, 5) is 15.9. The zero-order valence-corrected chi connectivity index (χ0v) is 11.0. The fourth-order valence-corrected chi connectivity index (χ4v) is 2.38.